The van der Waals surface area contributed by atoms with Crippen LogP contribution < -0.4 is 4.74 Å². The maximum absolute atomic E-state index is 12.6. The Morgan fingerprint density at radius 3 is 2.43 bits per heavy atom. The third kappa shape index (κ3) is 4.15. The van der Waals surface area contributed by atoms with E-state index in [0.717, 1.165) is 42.5 Å². The van der Waals surface area contributed by atoms with Gasteiger partial charge in [-0.05, 0) is 68.1 Å². The van der Waals surface area contributed by atoms with Crippen molar-refractivity contribution in [2.45, 2.75) is 51.4 Å². The maximum atomic E-state index is 12.6. The lowest BCUT2D eigenvalue weighted by Crippen LogP contribution is -2.41. The molecule has 2 heterocycles. The smallest absolute Gasteiger partial charge is 0.253 e. The number of hydrogen-bond donors (Lipinski definition) is 1. The molecular formula is C23H30N2O3. The first-order valence-electron chi connectivity index (χ1n) is 10.4. The van der Waals surface area contributed by atoms with Crippen LogP contribution in [0.2, 0.25) is 0 Å². The molecule has 0 aromatic heterocycles. The molecule has 2 saturated heterocycles. The van der Waals surface area contributed by atoms with Crippen LogP contribution in [0, 0.1) is 0 Å². The fourth-order valence-electron chi connectivity index (χ4n) is 4.24. The van der Waals surface area contributed by atoms with E-state index in [2.05, 4.69) is 24.8 Å². The van der Waals surface area contributed by atoms with Crippen molar-refractivity contribution < 1.29 is 14.6 Å². The summed E-state index contributed by atoms with van der Waals surface area (Å²) in [5, 5.41) is 11.8. The number of ether oxygens (including phenoxy) is 1. The minimum atomic E-state index is -0.392. The van der Waals surface area contributed by atoms with Gasteiger partial charge in [-0.15, -0.1) is 0 Å². The van der Waals surface area contributed by atoms with E-state index in [1.807, 2.05) is 30.3 Å². The molecule has 5 nitrogen and oxygen atoms in total. The minimum absolute atomic E-state index is 0.00399. The topological polar surface area (TPSA) is 53.0 Å². The van der Waals surface area contributed by atoms with Crippen molar-refractivity contribution >= 4 is 16.7 Å². The van der Waals surface area contributed by atoms with E-state index >= 15 is 0 Å². The Morgan fingerprint density at radius 2 is 1.75 bits per heavy atom. The molecule has 1 unspecified atom stereocenters. The molecular weight excluding hydrogens is 352 g/mol. The zero-order chi connectivity index (χ0) is 19.7. The zero-order valence-electron chi connectivity index (χ0n) is 16.8. The third-order valence-corrected chi connectivity index (χ3v) is 6.02. The number of fused-ring (bicyclic) bond motifs is 1. The number of piperidine rings is 1. The van der Waals surface area contributed by atoms with Crippen molar-refractivity contribution in [1.29, 1.82) is 0 Å². The molecule has 150 valence electrons. The summed E-state index contributed by atoms with van der Waals surface area (Å²) in [6.07, 6.45) is 2.67. The average Bonchev–Trinajstić information content (AvgIpc) is 3.14. The van der Waals surface area contributed by atoms with Gasteiger partial charge in [0.05, 0.1) is 6.10 Å². The maximum Gasteiger partial charge on any atom is 0.253 e. The standard InChI is InChI=1S/C23H30N2O3/c1-16(2)24-11-8-21(9-12-24)28-22-6-5-17-13-19(4-3-18(17)14-22)23(27)25-10-7-20(26)15-25/h3-6,13-14,16,20-21,26H,7-12,15H2,1-2H3. The SMILES string of the molecule is CC(C)N1CCC(Oc2ccc3cc(C(=O)N4CCC(O)C4)ccc3c2)CC1. The molecule has 0 aliphatic carbocycles. The van der Waals surface area contributed by atoms with Crippen molar-refractivity contribution in [1.82, 2.24) is 9.80 Å². The predicted molar refractivity (Wildman–Crippen MR) is 111 cm³/mol. The van der Waals surface area contributed by atoms with E-state index in [1.54, 1.807) is 4.90 Å². The highest BCUT2D eigenvalue weighted by Gasteiger charge is 2.25. The highest BCUT2D eigenvalue weighted by molar-refractivity contribution is 5.99. The molecule has 0 spiro atoms. The van der Waals surface area contributed by atoms with Crippen LogP contribution in [-0.4, -0.2) is 65.2 Å². The first-order valence-corrected chi connectivity index (χ1v) is 10.4. The van der Waals surface area contributed by atoms with Gasteiger partial charge < -0.3 is 19.6 Å². The monoisotopic (exact) mass is 382 g/mol. The van der Waals surface area contributed by atoms with Gasteiger partial charge in [0.25, 0.3) is 5.91 Å². The summed E-state index contributed by atoms with van der Waals surface area (Å²) in [7, 11) is 0. The van der Waals surface area contributed by atoms with Gasteiger partial charge in [0.15, 0.2) is 0 Å². The minimum Gasteiger partial charge on any atom is -0.490 e. The zero-order valence-corrected chi connectivity index (χ0v) is 16.8. The average molecular weight is 383 g/mol. The predicted octanol–water partition coefficient (Wildman–Crippen LogP) is 3.30. The van der Waals surface area contributed by atoms with Crippen molar-refractivity contribution in [3.8, 4) is 5.75 Å². The lowest BCUT2D eigenvalue weighted by Gasteiger charge is -2.34. The number of aliphatic hydroxyl groups is 1. The van der Waals surface area contributed by atoms with Crippen molar-refractivity contribution in [3.05, 3.63) is 42.0 Å². The first kappa shape index (κ1) is 19.2. The molecule has 1 N–H and O–H groups in total. The van der Waals surface area contributed by atoms with Gasteiger partial charge in [-0.3, -0.25) is 4.79 Å². The molecule has 0 radical (unpaired) electrons. The second-order valence-electron chi connectivity index (χ2n) is 8.36. The number of carbonyl (C=O) groups excluding carboxylic acids is 1. The van der Waals surface area contributed by atoms with Crippen LogP contribution in [0.3, 0.4) is 0 Å². The van der Waals surface area contributed by atoms with Crippen molar-refractivity contribution in [2.24, 2.45) is 0 Å². The van der Waals surface area contributed by atoms with E-state index in [9.17, 15) is 9.90 Å². The molecule has 5 heteroatoms. The summed E-state index contributed by atoms with van der Waals surface area (Å²) in [6.45, 7) is 7.73. The van der Waals surface area contributed by atoms with Gasteiger partial charge in [-0.1, -0.05) is 12.1 Å². The summed E-state index contributed by atoms with van der Waals surface area (Å²) in [5.41, 5.74) is 0.677. The van der Waals surface area contributed by atoms with Gasteiger partial charge in [0.1, 0.15) is 11.9 Å². The van der Waals surface area contributed by atoms with Crippen LogP contribution in [0.1, 0.15) is 43.5 Å². The number of β-amino-alcohol motifs (C(OH)–C–C–N with tert-alkyl or cyclic N) is 1. The van der Waals surface area contributed by atoms with E-state index in [1.165, 1.54) is 0 Å². The molecule has 0 bridgehead atoms. The van der Waals surface area contributed by atoms with Crippen LogP contribution in [-0.2, 0) is 0 Å². The molecule has 4 rings (SSSR count). The Hall–Kier alpha value is -2.11. The van der Waals surface area contributed by atoms with Gasteiger partial charge in [-0.2, -0.15) is 0 Å². The fourth-order valence-corrected chi connectivity index (χ4v) is 4.24. The number of benzene rings is 2. The largest absolute Gasteiger partial charge is 0.490 e. The number of rotatable bonds is 4. The Bertz CT molecular complexity index is 843. The Labute approximate surface area is 166 Å². The number of hydrogen-bond acceptors (Lipinski definition) is 4. The number of nitrogens with zero attached hydrogens (tertiary/aromatic N) is 2. The fraction of sp³-hybridized carbons (Fsp3) is 0.522. The van der Waals surface area contributed by atoms with Gasteiger partial charge in [0, 0.05) is 37.8 Å². The lowest BCUT2D eigenvalue weighted by atomic mass is 10.0. The highest BCUT2D eigenvalue weighted by Crippen LogP contribution is 2.26. The first-order chi connectivity index (χ1) is 13.5. The van der Waals surface area contributed by atoms with Crippen molar-refractivity contribution in [2.75, 3.05) is 26.2 Å². The molecule has 2 aromatic carbocycles. The molecule has 2 aromatic rings. The lowest BCUT2D eigenvalue weighted by molar-refractivity contribution is 0.0765. The Morgan fingerprint density at radius 1 is 1.04 bits per heavy atom. The summed E-state index contributed by atoms with van der Waals surface area (Å²) in [4.78, 5) is 16.9. The van der Waals surface area contributed by atoms with Gasteiger partial charge >= 0.3 is 0 Å². The quantitative estimate of drug-likeness (QED) is 0.882. The third-order valence-electron chi connectivity index (χ3n) is 6.02. The summed E-state index contributed by atoms with van der Waals surface area (Å²) in [5.74, 6) is 0.896. The number of likely N-dealkylation sites (tertiary alicyclic amines) is 2. The van der Waals surface area contributed by atoms with E-state index in [4.69, 9.17) is 4.74 Å². The van der Waals surface area contributed by atoms with E-state index < -0.39 is 6.10 Å². The summed E-state index contributed by atoms with van der Waals surface area (Å²) >= 11 is 0. The van der Waals surface area contributed by atoms with E-state index in [0.29, 0.717) is 31.1 Å². The van der Waals surface area contributed by atoms with Gasteiger partial charge in [-0.25, -0.2) is 0 Å². The second-order valence-corrected chi connectivity index (χ2v) is 8.36. The van der Waals surface area contributed by atoms with Crippen LogP contribution in [0.25, 0.3) is 10.8 Å². The van der Waals surface area contributed by atoms with Crippen LogP contribution in [0.4, 0.5) is 0 Å². The van der Waals surface area contributed by atoms with Gasteiger partial charge in [0.2, 0.25) is 0 Å². The Balaban J connectivity index is 1.43. The molecule has 2 aliphatic heterocycles. The molecule has 2 fully saturated rings. The summed E-state index contributed by atoms with van der Waals surface area (Å²) < 4.78 is 6.23. The van der Waals surface area contributed by atoms with Crippen molar-refractivity contribution in [3.63, 3.8) is 0 Å². The van der Waals surface area contributed by atoms with Crippen LogP contribution in [0.5, 0.6) is 5.75 Å². The number of amides is 1. The second kappa shape index (κ2) is 8.10. The normalized spacial score (nSPS) is 21.6. The highest BCUT2D eigenvalue weighted by atomic mass is 16.5. The van der Waals surface area contributed by atoms with E-state index in [-0.39, 0.29) is 12.0 Å². The number of carbonyl (C=O) groups is 1. The molecule has 1 atom stereocenters. The number of aliphatic hydroxyl groups excluding tert-OH is 1. The molecule has 1 amide bonds. The van der Waals surface area contributed by atoms with Crippen LogP contribution >= 0.6 is 0 Å². The Kier molecular flexibility index (Phi) is 5.56. The molecule has 2 aliphatic rings. The molecule has 28 heavy (non-hydrogen) atoms. The molecule has 0 saturated carbocycles. The van der Waals surface area contributed by atoms with Crippen LogP contribution in [0.15, 0.2) is 36.4 Å². The summed E-state index contributed by atoms with van der Waals surface area (Å²) in [6, 6.07) is 12.5.